The molecule has 2 saturated heterocycles. The van der Waals surface area contributed by atoms with Crippen LogP contribution in [0.3, 0.4) is 0 Å². The SMILES string of the molecule is CN1[C@@H]2CC[C@@H]1CC(NCc1ccccn1)C2. The molecule has 0 unspecified atom stereocenters. The maximum Gasteiger partial charge on any atom is 0.0541 e. The van der Waals surface area contributed by atoms with Crippen molar-refractivity contribution in [3.05, 3.63) is 30.1 Å². The Hall–Kier alpha value is -0.930. The fourth-order valence-electron chi connectivity index (χ4n) is 3.33. The fraction of sp³-hybridized carbons (Fsp3) is 0.643. The highest BCUT2D eigenvalue weighted by Crippen LogP contribution is 2.34. The van der Waals surface area contributed by atoms with Crippen LogP contribution in [0.25, 0.3) is 0 Å². The van der Waals surface area contributed by atoms with E-state index >= 15 is 0 Å². The molecule has 3 heterocycles. The lowest BCUT2D eigenvalue weighted by molar-refractivity contribution is 0.148. The highest BCUT2D eigenvalue weighted by molar-refractivity contribution is 5.04. The van der Waals surface area contributed by atoms with Gasteiger partial charge in [0.15, 0.2) is 0 Å². The third-order valence-corrected chi connectivity index (χ3v) is 4.40. The van der Waals surface area contributed by atoms with E-state index in [0.29, 0.717) is 6.04 Å². The van der Waals surface area contributed by atoms with Crippen molar-refractivity contribution in [1.82, 2.24) is 15.2 Å². The summed E-state index contributed by atoms with van der Waals surface area (Å²) in [6, 6.07) is 8.44. The largest absolute Gasteiger partial charge is 0.308 e. The Morgan fingerprint density at radius 1 is 1.29 bits per heavy atom. The molecule has 0 radical (unpaired) electrons. The molecule has 0 spiro atoms. The fourth-order valence-corrected chi connectivity index (χ4v) is 3.33. The molecule has 2 aliphatic rings. The number of piperidine rings is 1. The number of hydrogen-bond donors (Lipinski definition) is 1. The minimum Gasteiger partial charge on any atom is -0.308 e. The molecule has 0 amide bonds. The van der Waals surface area contributed by atoms with Crippen molar-refractivity contribution >= 4 is 0 Å². The molecule has 0 saturated carbocycles. The number of nitrogens with one attached hydrogen (secondary N) is 1. The first-order valence-electron chi connectivity index (χ1n) is 6.68. The monoisotopic (exact) mass is 231 g/mol. The standard InChI is InChI=1S/C14H21N3/c1-17-13-5-6-14(17)9-12(8-13)16-10-11-4-2-3-7-15-11/h2-4,7,12-14,16H,5-6,8-10H2,1H3/t13-,14-/m1/s1. The molecule has 2 atom stereocenters. The average Bonchev–Trinajstić information content (AvgIpc) is 2.61. The van der Waals surface area contributed by atoms with Crippen molar-refractivity contribution in [2.24, 2.45) is 0 Å². The van der Waals surface area contributed by atoms with Crippen LogP contribution >= 0.6 is 0 Å². The summed E-state index contributed by atoms with van der Waals surface area (Å²) in [4.78, 5) is 6.94. The smallest absolute Gasteiger partial charge is 0.0541 e. The first kappa shape index (κ1) is 11.2. The van der Waals surface area contributed by atoms with Crippen LogP contribution in [0.2, 0.25) is 0 Å². The number of hydrogen-bond acceptors (Lipinski definition) is 3. The van der Waals surface area contributed by atoms with Crippen molar-refractivity contribution in [1.29, 1.82) is 0 Å². The van der Waals surface area contributed by atoms with Gasteiger partial charge in [0.2, 0.25) is 0 Å². The van der Waals surface area contributed by atoms with Crippen LogP contribution in [-0.4, -0.2) is 35.1 Å². The normalized spacial score (nSPS) is 32.9. The highest BCUT2D eigenvalue weighted by Gasteiger charge is 2.37. The van der Waals surface area contributed by atoms with E-state index in [9.17, 15) is 0 Å². The van der Waals surface area contributed by atoms with Crippen molar-refractivity contribution in [2.45, 2.75) is 50.4 Å². The molecule has 3 nitrogen and oxygen atoms in total. The molecule has 2 aliphatic heterocycles. The molecule has 2 fully saturated rings. The number of aromatic nitrogens is 1. The van der Waals surface area contributed by atoms with E-state index in [1.807, 2.05) is 12.3 Å². The topological polar surface area (TPSA) is 28.2 Å². The molecule has 1 aromatic rings. The van der Waals surface area contributed by atoms with Gasteiger partial charge in [0, 0.05) is 30.9 Å². The minimum atomic E-state index is 0.686. The van der Waals surface area contributed by atoms with Gasteiger partial charge < -0.3 is 10.2 Å². The average molecular weight is 231 g/mol. The van der Waals surface area contributed by atoms with Crippen LogP contribution in [0.1, 0.15) is 31.4 Å². The maximum absolute atomic E-state index is 4.36. The molecule has 0 aromatic carbocycles. The summed E-state index contributed by atoms with van der Waals surface area (Å²) in [5.74, 6) is 0. The van der Waals surface area contributed by atoms with Crippen LogP contribution in [0, 0.1) is 0 Å². The van der Waals surface area contributed by atoms with Gasteiger partial charge in [0.05, 0.1) is 5.69 Å². The van der Waals surface area contributed by atoms with E-state index in [-0.39, 0.29) is 0 Å². The first-order valence-corrected chi connectivity index (χ1v) is 6.68. The molecular formula is C14H21N3. The van der Waals surface area contributed by atoms with Gasteiger partial charge >= 0.3 is 0 Å². The van der Waals surface area contributed by atoms with Gasteiger partial charge in [0.25, 0.3) is 0 Å². The summed E-state index contributed by atoms with van der Waals surface area (Å²) < 4.78 is 0. The number of fused-ring (bicyclic) bond motifs is 2. The van der Waals surface area contributed by atoms with E-state index in [1.54, 1.807) is 0 Å². The summed E-state index contributed by atoms with van der Waals surface area (Å²) in [6.07, 6.45) is 7.26. The van der Waals surface area contributed by atoms with E-state index in [1.165, 1.54) is 25.7 Å². The van der Waals surface area contributed by atoms with Gasteiger partial charge in [-0.1, -0.05) is 6.07 Å². The van der Waals surface area contributed by atoms with E-state index in [4.69, 9.17) is 0 Å². The van der Waals surface area contributed by atoms with Crippen LogP contribution in [0.15, 0.2) is 24.4 Å². The van der Waals surface area contributed by atoms with Crippen molar-refractivity contribution in [3.8, 4) is 0 Å². The Morgan fingerprint density at radius 3 is 2.71 bits per heavy atom. The number of nitrogens with zero attached hydrogens (tertiary/aromatic N) is 2. The van der Waals surface area contributed by atoms with E-state index in [0.717, 1.165) is 24.3 Å². The number of pyridine rings is 1. The van der Waals surface area contributed by atoms with Gasteiger partial charge in [-0.15, -0.1) is 0 Å². The lowest BCUT2D eigenvalue weighted by Gasteiger charge is -2.36. The van der Waals surface area contributed by atoms with Crippen LogP contribution in [-0.2, 0) is 6.54 Å². The van der Waals surface area contributed by atoms with Gasteiger partial charge in [-0.3, -0.25) is 4.98 Å². The molecule has 3 rings (SSSR count). The second-order valence-electron chi connectivity index (χ2n) is 5.42. The lowest BCUT2D eigenvalue weighted by atomic mass is 9.98. The zero-order valence-corrected chi connectivity index (χ0v) is 10.5. The molecule has 1 N–H and O–H groups in total. The van der Waals surface area contributed by atoms with Gasteiger partial charge in [0.1, 0.15) is 0 Å². The number of rotatable bonds is 3. The molecule has 3 heteroatoms. The minimum absolute atomic E-state index is 0.686. The van der Waals surface area contributed by atoms with Crippen LogP contribution in [0.4, 0.5) is 0 Å². The Kier molecular flexibility index (Phi) is 3.12. The summed E-state index contributed by atoms with van der Waals surface area (Å²) in [5, 5.41) is 3.67. The molecule has 92 valence electrons. The predicted octanol–water partition coefficient (Wildman–Crippen LogP) is 1.80. The van der Waals surface area contributed by atoms with E-state index < -0.39 is 0 Å². The van der Waals surface area contributed by atoms with Gasteiger partial charge in [-0.05, 0) is 44.9 Å². The second kappa shape index (κ2) is 4.75. The molecule has 0 aliphatic carbocycles. The molecule has 2 bridgehead atoms. The van der Waals surface area contributed by atoms with Gasteiger partial charge in [-0.25, -0.2) is 0 Å². The zero-order chi connectivity index (χ0) is 11.7. The Labute approximate surface area is 103 Å². The van der Waals surface area contributed by atoms with Crippen molar-refractivity contribution in [3.63, 3.8) is 0 Å². The third-order valence-electron chi connectivity index (χ3n) is 4.40. The first-order chi connectivity index (χ1) is 8.33. The van der Waals surface area contributed by atoms with Gasteiger partial charge in [-0.2, -0.15) is 0 Å². The molecular weight excluding hydrogens is 210 g/mol. The summed E-state index contributed by atoms with van der Waals surface area (Å²) in [5.41, 5.74) is 1.15. The summed E-state index contributed by atoms with van der Waals surface area (Å²) in [7, 11) is 2.29. The third kappa shape index (κ3) is 2.35. The maximum atomic E-state index is 4.36. The quantitative estimate of drug-likeness (QED) is 0.859. The van der Waals surface area contributed by atoms with Crippen LogP contribution in [0.5, 0.6) is 0 Å². The Balaban J connectivity index is 1.54. The zero-order valence-electron chi connectivity index (χ0n) is 10.5. The van der Waals surface area contributed by atoms with Crippen molar-refractivity contribution < 1.29 is 0 Å². The van der Waals surface area contributed by atoms with E-state index in [2.05, 4.69) is 34.4 Å². The van der Waals surface area contributed by atoms with Crippen molar-refractivity contribution in [2.75, 3.05) is 7.05 Å². The molecule has 1 aromatic heterocycles. The summed E-state index contributed by atoms with van der Waals surface area (Å²) in [6.45, 7) is 0.911. The lowest BCUT2D eigenvalue weighted by Crippen LogP contribution is -2.47. The van der Waals surface area contributed by atoms with Crippen LogP contribution < -0.4 is 5.32 Å². The molecule has 17 heavy (non-hydrogen) atoms. The highest BCUT2D eigenvalue weighted by atomic mass is 15.2. The summed E-state index contributed by atoms with van der Waals surface area (Å²) >= 11 is 0. The Morgan fingerprint density at radius 2 is 2.06 bits per heavy atom. The Bertz CT molecular complexity index is 351. The predicted molar refractivity (Wildman–Crippen MR) is 68.7 cm³/mol. The second-order valence-corrected chi connectivity index (χ2v) is 5.42.